The molecule has 0 spiro atoms. The summed E-state index contributed by atoms with van der Waals surface area (Å²) in [6.45, 7) is 0.659. The van der Waals surface area contributed by atoms with E-state index in [1.54, 1.807) is 36.4 Å². The molecule has 152 valence electrons. The molecular weight excluding hydrogens is 380 g/mol. The molecule has 2 amide bonds. The highest BCUT2D eigenvalue weighted by atomic mass is 16.7. The largest absolute Gasteiger partial charge is 0.454 e. The highest BCUT2D eigenvalue weighted by Gasteiger charge is 2.18. The molecular formula is C20H20N2O7. The van der Waals surface area contributed by atoms with E-state index in [4.69, 9.17) is 18.9 Å². The first kappa shape index (κ1) is 18.9. The number of benzene rings is 2. The second-order valence-corrected chi connectivity index (χ2v) is 6.54. The molecule has 1 unspecified atom stereocenters. The maximum atomic E-state index is 12.0. The van der Waals surface area contributed by atoms with Gasteiger partial charge in [-0.2, -0.15) is 0 Å². The summed E-state index contributed by atoms with van der Waals surface area (Å²) in [6.07, 6.45) is -0.553. The molecule has 2 aliphatic rings. The number of aliphatic hydroxyl groups is 1. The Kier molecular flexibility index (Phi) is 5.39. The molecule has 0 saturated heterocycles. The van der Waals surface area contributed by atoms with Crippen LogP contribution in [0.1, 0.15) is 23.7 Å². The zero-order valence-corrected chi connectivity index (χ0v) is 15.5. The first-order valence-electron chi connectivity index (χ1n) is 9.12. The summed E-state index contributed by atoms with van der Waals surface area (Å²) in [5.74, 6) is 0.961. The molecule has 4 rings (SSSR count). The number of hydrogen-bond donors (Lipinski definition) is 3. The minimum Gasteiger partial charge on any atom is -0.454 e. The van der Waals surface area contributed by atoms with Gasteiger partial charge in [0.1, 0.15) is 0 Å². The van der Waals surface area contributed by atoms with Crippen molar-refractivity contribution in [1.82, 2.24) is 10.6 Å². The molecule has 0 aromatic heterocycles. The summed E-state index contributed by atoms with van der Waals surface area (Å²) >= 11 is 0. The summed E-state index contributed by atoms with van der Waals surface area (Å²) in [5.41, 5.74) is 1.43. The quantitative estimate of drug-likeness (QED) is 0.620. The smallest absolute Gasteiger partial charge is 0.309 e. The van der Waals surface area contributed by atoms with E-state index in [0.717, 1.165) is 5.56 Å². The number of hydrogen-bond acceptors (Lipinski definition) is 7. The molecule has 1 atom stereocenters. The summed E-state index contributed by atoms with van der Waals surface area (Å²) in [5, 5.41) is 15.3. The topological polar surface area (TPSA) is 115 Å². The van der Waals surface area contributed by atoms with E-state index in [9.17, 15) is 14.7 Å². The molecule has 0 fully saturated rings. The summed E-state index contributed by atoms with van der Waals surface area (Å²) < 4.78 is 21.0. The van der Waals surface area contributed by atoms with E-state index in [2.05, 4.69) is 10.6 Å². The number of rotatable bonds is 6. The Morgan fingerprint density at radius 2 is 1.48 bits per heavy atom. The van der Waals surface area contributed by atoms with Crippen molar-refractivity contribution in [3.05, 3.63) is 47.5 Å². The van der Waals surface area contributed by atoms with Crippen molar-refractivity contribution >= 4 is 11.8 Å². The van der Waals surface area contributed by atoms with Crippen molar-refractivity contribution in [2.75, 3.05) is 20.1 Å². The van der Waals surface area contributed by atoms with E-state index in [0.29, 0.717) is 28.6 Å². The van der Waals surface area contributed by atoms with Gasteiger partial charge < -0.3 is 34.7 Å². The molecule has 3 N–H and O–H groups in total. The molecule has 0 aliphatic carbocycles. The van der Waals surface area contributed by atoms with Gasteiger partial charge in [0.2, 0.25) is 13.6 Å². The standard InChI is InChI=1S/C20H20N2O7/c23-14(13-2-4-16-18(8-13)29-11-27-16)5-6-21-19(24)20(25)22-9-12-1-3-15-17(7-12)28-10-26-15/h1-4,7-8,14,23H,5-6,9-11H2,(H,21,24)(H,22,25). The fourth-order valence-corrected chi connectivity index (χ4v) is 3.00. The van der Waals surface area contributed by atoms with Crippen molar-refractivity contribution in [2.45, 2.75) is 19.1 Å². The zero-order chi connectivity index (χ0) is 20.2. The lowest BCUT2D eigenvalue weighted by Crippen LogP contribution is -2.40. The van der Waals surface area contributed by atoms with E-state index < -0.39 is 17.9 Å². The number of ether oxygens (including phenoxy) is 4. The van der Waals surface area contributed by atoms with Crippen LogP contribution in [0.15, 0.2) is 36.4 Å². The Labute approximate surface area is 166 Å². The van der Waals surface area contributed by atoms with Crippen molar-refractivity contribution in [2.24, 2.45) is 0 Å². The molecule has 0 saturated carbocycles. The molecule has 2 aromatic carbocycles. The molecule has 9 nitrogen and oxygen atoms in total. The first-order valence-corrected chi connectivity index (χ1v) is 9.12. The number of carbonyl (C=O) groups excluding carboxylic acids is 2. The van der Waals surface area contributed by atoms with Gasteiger partial charge in [-0.15, -0.1) is 0 Å². The van der Waals surface area contributed by atoms with Gasteiger partial charge in [-0.25, -0.2) is 0 Å². The second kappa shape index (κ2) is 8.27. The lowest BCUT2D eigenvalue weighted by Gasteiger charge is -2.12. The molecule has 2 aromatic rings. The highest BCUT2D eigenvalue weighted by Crippen LogP contribution is 2.34. The van der Waals surface area contributed by atoms with Crippen LogP contribution < -0.4 is 29.6 Å². The van der Waals surface area contributed by atoms with Crippen LogP contribution in [-0.2, 0) is 16.1 Å². The van der Waals surface area contributed by atoms with E-state index in [1.165, 1.54) is 0 Å². The van der Waals surface area contributed by atoms with E-state index in [-0.39, 0.29) is 33.1 Å². The predicted octanol–water partition coefficient (Wildman–Crippen LogP) is 1.00. The fourth-order valence-electron chi connectivity index (χ4n) is 3.00. The van der Waals surface area contributed by atoms with Crippen molar-refractivity contribution < 1.29 is 33.6 Å². The third-order valence-corrected chi connectivity index (χ3v) is 4.58. The Bertz CT molecular complexity index is 931. The number of carbonyl (C=O) groups is 2. The Hall–Kier alpha value is -3.46. The van der Waals surface area contributed by atoms with Crippen LogP contribution in [-0.4, -0.2) is 37.1 Å². The molecule has 9 heteroatoms. The first-order chi connectivity index (χ1) is 14.1. The average Bonchev–Trinajstić information content (AvgIpc) is 3.39. The van der Waals surface area contributed by atoms with Gasteiger partial charge in [0.05, 0.1) is 6.10 Å². The van der Waals surface area contributed by atoms with Gasteiger partial charge >= 0.3 is 11.8 Å². The highest BCUT2D eigenvalue weighted by molar-refractivity contribution is 6.35. The minimum absolute atomic E-state index is 0.145. The van der Waals surface area contributed by atoms with Crippen LogP contribution in [0.25, 0.3) is 0 Å². The van der Waals surface area contributed by atoms with Gasteiger partial charge in [0.25, 0.3) is 0 Å². The SMILES string of the molecule is O=C(NCCC(O)c1ccc2c(c1)OCO2)C(=O)NCc1ccc2c(c1)OCO2. The van der Waals surface area contributed by atoms with Gasteiger partial charge in [-0.3, -0.25) is 9.59 Å². The fraction of sp³-hybridized carbons (Fsp3) is 0.300. The lowest BCUT2D eigenvalue weighted by atomic mass is 10.1. The van der Waals surface area contributed by atoms with Gasteiger partial charge in [0.15, 0.2) is 23.0 Å². The van der Waals surface area contributed by atoms with Gasteiger partial charge in [-0.05, 0) is 41.8 Å². The van der Waals surface area contributed by atoms with Gasteiger partial charge in [-0.1, -0.05) is 12.1 Å². The summed E-state index contributed by atoms with van der Waals surface area (Å²) in [7, 11) is 0. The lowest BCUT2D eigenvalue weighted by molar-refractivity contribution is -0.139. The third-order valence-electron chi connectivity index (χ3n) is 4.58. The molecule has 0 bridgehead atoms. The number of nitrogens with one attached hydrogen (secondary N) is 2. The molecule has 2 heterocycles. The predicted molar refractivity (Wildman–Crippen MR) is 99.6 cm³/mol. The maximum Gasteiger partial charge on any atom is 0.309 e. The van der Waals surface area contributed by atoms with Gasteiger partial charge in [0, 0.05) is 13.1 Å². The van der Waals surface area contributed by atoms with Crippen LogP contribution in [0.4, 0.5) is 0 Å². The van der Waals surface area contributed by atoms with Crippen molar-refractivity contribution in [3.63, 3.8) is 0 Å². The molecule has 0 radical (unpaired) electrons. The normalized spacial score (nSPS) is 14.4. The average molecular weight is 400 g/mol. The van der Waals surface area contributed by atoms with Crippen molar-refractivity contribution in [1.29, 1.82) is 0 Å². The maximum absolute atomic E-state index is 12.0. The van der Waals surface area contributed by atoms with Crippen LogP contribution in [0.3, 0.4) is 0 Å². The number of fused-ring (bicyclic) bond motifs is 2. The van der Waals surface area contributed by atoms with Crippen LogP contribution >= 0.6 is 0 Å². The number of amides is 2. The summed E-state index contributed by atoms with van der Waals surface area (Å²) in [6, 6.07) is 10.4. The van der Waals surface area contributed by atoms with E-state index in [1.807, 2.05) is 0 Å². The number of aliphatic hydroxyl groups excluding tert-OH is 1. The Balaban J connectivity index is 1.20. The second-order valence-electron chi connectivity index (χ2n) is 6.54. The zero-order valence-electron chi connectivity index (χ0n) is 15.5. The summed E-state index contributed by atoms with van der Waals surface area (Å²) in [4.78, 5) is 23.9. The van der Waals surface area contributed by atoms with Crippen LogP contribution in [0, 0.1) is 0 Å². The molecule has 2 aliphatic heterocycles. The third kappa shape index (κ3) is 4.35. The molecule has 29 heavy (non-hydrogen) atoms. The van der Waals surface area contributed by atoms with Crippen LogP contribution in [0.2, 0.25) is 0 Å². The van der Waals surface area contributed by atoms with Crippen LogP contribution in [0.5, 0.6) is 23.0 Å². The van der Waals surface area contributed by atoms with E-state index >= 15 is 0 Å². The Morgan fingerprint density at radius 3 is 2.24 bits per heavy atom. The Morgan fingerprint density at radius 1 is 0.862 bits per heavy atom. The monoisotopic (exact) mass is 400 g/mol. The van der Waals surface area contributed by atoms with Crippen molar-refractivity contribution in [3.8, 4) is 23.0 Å². The minimum atomic E-state index is -0.804.